The molecule has 0 fully saturated rings. The minimum absolute atomic E-state index is 0.182. The van der Waals surface area contributed by atoms with Crippen molar-refractivity contribution >= 4 is 27.5 Å². The van der Waals surface area contributed by atoms with Gasteiger partial charge in [0.2, 0.25) is 0 Å². The monoisotopic (exact) mass is 453 g/mol. The Morgan fingerprint density at radius 3 is 2.52 bits per heavy atom. The van der Waals surface area contributed by atoms with Crippen LogP contribution in [-0.4, -0.2) is 12.5 Å². The molecule has 0 aromatic heterocycles. The molecule has 0 atom stereocenters. The molecule has 0 aliphatic rings. The van der Waals surface area contributed by atoms with E-state index in [9.17, 15) is 4.79 Å². The highest BCUT2D eigenvalue weighted by molar-refractivity contribution is 9.10. The lowest BCUT2D eigenvalue weighted by Crippen LogP contribution is -2.13. The summed E-state index contributed by atoms with van der Waals surface area (Å²) >= 11 is 3.41. The molecule has 0 aliphatic carbocycles. The molecule has 0 aliphatic heterocycles. The fourth-order valence-corrected chi connectivity index (χ4v) is 3.26. The van der Waals surface area contributed by atoms with Gasteiger partial charge in [0.25, 0.3) is 5.91 Å². The molecule has 3 aromatic carbocycles. The van der Waals surface area contributed by atoms with E-state index >= 15 is 0 Å². The van der Waals surface area contributed by atoms with Crippen LogP contribution in [-0.2, 0) is 6.61 Å². The average molecular weight is 454 g/mol. The zero-order chi connectivity index (χ0) is 20.8. The Labute approximate surface area is 180 Å². The lowest BCUT2D eigenvalue weighted by molar-refractivity contribution is 0.102. The predicted molar refractivity (Wildman–Crippen MR) is 120 cm³/mol. The van der Waals surface area contributed by atoms with E-state index in [2.05, 4.69) is 35.1 Å². The van der Waals surface area contributed by atoms with Crippen molar-refractivity contribution in [2.75, 3.05) is 11.9 Å². The molecule has 1 N–H and O–H groups in total. The maximum Gasteiger partial charge on any atom is 0.255 e. The van der Waals surface area contributed by atoms with Crippen molar-refractivity contribution in [2.45, 2.75) is 27.4 Å². The molecule has 0 saturated heterocycles. The van der Waals surface area contributed by atoms with Crippen molar-refractivity contribution in [1.29, 1.82) is 0 Å². The molecular formula is C24H24BrNO3. The summed E-state index contributed by atoms with van der Waals surface area (Å²) in [6, 6.07) is 18.9. The van der Waals surface area contributed by atoms with Crippen molar-refractivity contribution in [3.8, 4) is 11.5 Å². The van der Waals surface area contributed by atoms with Gasteiger partial charge in [0.05, 0.1) is 6.61 Å². The summed E-state index contributed by atoms with van der Waals surface area (Å²) in [6.45, 7) is 6.91. The van der Waals surface area contributed by atoms with Crippen LogP contribution in [0.5, 0.6) is 11.5 Å². The smallest absolute Gasteiger partial charge is 0.255 e. The van der Waals surface area contributed by atoms with Gasteiger partial charge in [0, 0.05) is 21.3 Å². The molecule has 1 amide bonds. The third-order valence-electron chi connectivity index (χ3n) is 4.58. The van der Waals surface area contributed by atoms with Gasteiger partial charge in [-0.25, -0.2) is 0 Å². The minimum atomic E-state index is -0.182. The van der Waals surface area contributed by atoms with Gasteiger partial charge in [0.1, 0.15) is 18.1 Å². The van der Waals surface area contributed by atoms with Crippen LogP contribution in [0.3, 0.4) is 0 Å². The normalized spacial score (nSPS) is 10.5. The third-order valence-corrected chi connectivity index (χ3v) is 5.07. The van der Waals surface area contributed by atoms with E-state index in [1.807, 2.05) is 61.5 Å². The summed E-state index contributed by atoms with van der Waals surface area (Å²) in [5.41, 5.74) is 4.50. The summed E-state index contributed by atoms with van der Waals surface area (Å²) in [5.74, 6) is 1.33. The fourth-order valence-electron chi connectivity index (χ4n) is 2.86. The van der Waals surface area contributed by atoms with E-state index in [-0.39, 0.29) is 5.91 Å². The Hall–Kier alpha value is -2.79. The number of hydrogen-bond acceptors (Lipinski definition) is 3. The van der Waals surface area contributed by atoms with Gasteiger partial charge in [-0.2, -0.15) is 0 Å². The summed E-state index contributed by atoms with van der Waals surface area (Å²) < 4.78 is 12.6. The van der Waals surface area contributed by atoms with Crippen molar-refractivity contribution in [1.82, 2.24) is 0 Å². The maximum absolute atomic E-state index is 12.7. The number of rotatable bonds is 7. The van der Waals surface area contributed by atoms with Crippen LogP contribution in [0.2, 0.25) is 0 Å². The van der Waals surface area contributed by atoms with Crippen LogP contribution in [0.4, 0.5) is 5.69 Å². The number of aryl methyl sites for hydroxylation is 2. The molecule has 29 heavy (non-hydrogen) atoms. The summed E-state index contributed by atoms with van der Waals surface area (Å²) in [5, 5.41) is 2.91. The molecule has 0 heterocycles. The number of carbonyl (C=O) groups excluding carboxylic acids is 1. The molecule has 0 radical (unpaired) electrons. The first-order valence-electron chi connectivity index (χ1n) is 9.49. The third kappa shape index (κ3) is 5.61. The molecule has 5 heteroatoms. The van der Waals surface area contributed by atoms with Gasteiger partial charge < -0.3 is 14.8 Å². The van der Waals surface area contributed by atoms with Gasteiger partial charge in [0.15, 0.2) is 0 Å². The van der Waals surface area contributed by atoms with E-state index in [4.69, 9.17) is 9.47 Å². The Balaban J connectivity index is 1.79. The zero-order valence-electron chi connectivity index (χ0n) is 16.8. The predicted octanol–water partition coefficient (Wildman–Crippen LogP) is 6.30. The number of ether oxygens (including phenoxy) is 2. The Bertz CT molecular complexity index is 1020. The largest absolute Gasteiger partial charge is 0.493 e. The molecule has 3 aromatic rings. The summed E-state index contributed by atoms with van der Waals surface area (Å²) in [6.07, 6.45) is 0. The van der Waals surface area contributed by atoms with Crippen LogP contribution in [0.25, 0.3) is 0 Å². The summed E-state index contributed by atoms with van der Waals surface area (Å²) in [7, 11) is 0. The molecule has 0 unspecified atom stereocenters. The van der Waals surface area contributed by atoms with E-state index in [1.165, 1.54) is 11.1 Å². The van der Waals surface area contributed by atoms with E-state index in [0.29, 0.717) is 18.8 Å². The number of anilines is 1. The van der Waals surface area contributed by atoms with Crippen LogP contribution in [0.1, 0.15) is 34.0 Å². The van der Waals surface area contributed by atoms with Gasteiger partial charge in [-0.05, 0) is 80.4 Å². The minimum Gasteiger partial charge on any atom is -0.493 e. The van der Waals surface area contributed by atoms with Crippen LogP contribution in [0, 0.1) is 13.8 Å². The van der Waals surface area contributed by atoms with Crippen LogP contribution >= 0.6 is 15.9 Å². The first-order valence-corrected chi connectivity index (χ1v) is 10.3. The number of halogens is 1. The highest BCUT2D eigenvalue weighted by Gasteiger charge is 2.12. The molecular weight excluding hydrogens is 430 g/mol. The molecule has 0 saturated carbocycles. The van der Waals surface area contributed by atoms with Gasteiger partial charge >= 0.3 is 0 Å². The number of amides is 1. The lowest BCUT2D eigenvalue weighted by atomic mass is 10.1. The van der Waals surface area contributed by atoms with Crippen molar-refractivity contribution in [2.24, 2.45) is 0 Å². The lowest BCUT2D eigenvalue weighted by Gasteiger charge is -2.14. The van der Waals surface area contributed by atoms with Gasteiger partial charge in [-0.1, -0.05) is 28.1 Å². The average Bonchev–Trinajstić information content (AvgIpc) is 2.70. The topological polar surface area (TPSA) is 47.6 Å². The Morgan fingerprint density at radius 2 is 1.79 bits per heavy atom. The van der Waals surface area contributed by atoms with Crippen molar-refractivity contribution in [3.63, 3.8) is 0 Å². The van der Waals surface area contributed by atoms with Gasteiger partial charge in [-0.3, -0.25) is 4.79 Å². The molecule has 3 rings (SSSR count). The fraction of sp³-hybridized carbons (Fsp3) is 0.208. The van der Waals surface area contributed by atoms with E-state index < -0.39 is 0 Å². The van der Waals surface area contributed by atoms with Crippen molar-refractivity contribution < 1.29 is 14.3 Å². The first kappa shape index (κ1) is 20.9. The first-order chi connectivity index (χ1) is 14.0. The number of benzene rings is 3. The Morgan fingerprint density at radius 1 is 0.966 bits per heavy atom. The standard InChI is InChI=1S/C24H24BrNO3/c1-4-28-23-11-9-18(24(27)26-21-7-5-6-20(25)14-21)13-19(23)15-29-22-10-8-16(2)17(3)12-22/h5-14H,4,15H2,1-3H3,(H,26,27). The second kappa shape index (κ2) is 9.61. The molecule has 0 spiro atoms. The van der Waals surface area contributed by atoms with Gasteiger partial charge in [-0.15, -0.1) is 0 Å². The zero-order valence-corrected chi connectivity index (χ0v) is 18.4. The van der Waals surface area contributed by atoms with E-state index in [1.54, 1.807) is 6.07 Å². The number of hydrogen-bond donors (Lipinski definition) is 1. The summed E-state index contributed by atoms with van der Waals surface area (Å²) in [4.78, 5) is 12.7. The number of nitrogens with one attached hydrogen (secondary N) is 1. The highest BCUT2D eigenvalue weighted by Crippen LogP contribution is 2.25. The molecule has 0 bridgehead atoms. The highest BCUT2D eigenvalue weighted by atomic mass is 79.9. The maximum atomic E-state index is 12.7. The Kier molecular flexibility index (Phi) is 6.94. The second-order valence-corrected chi connectivity index (χ2v) is 7.67. The quantitative estimate of drug-likeness (QED) is 0.456. The molecule has 4 nitrogen and oxygen atoms in total. The number of carbonyl (C=O) groups is 1. The van der Waals surface area contributed by atoms with Crippen molar-refractivity contribution in [3.05, 3.63) is 87.4 Å². The SMILES string of the molecule is CCOc1ccc(C(=O)Nc2cccc(Br)c2)cc1COc1ccc(C)c(C)c1. The van der Waals surface area contributed by atoms with Crippen LogP contribution in [0.15, 0.2) is 65.1 Å². The van der Waals surface area contributed by atoms with E-state index in [0.717, 1.165) is 27.2 Å². The molecule has 150 valence electrons. The van der Waals surface area contributed by atoms with Crippen LogP contribution < -0.4 is 14.8 Å². The second-order valence-electron chi connectivity index (χ2n) is 6.75.